The summed E-state index contributed by atoms with van der Waals surface area (Å²) in [6, 6.07) is 21.1. The number of carbonyl (C=O) groups excluding carboxylic acids is 3. The molecule has 0 radical (unpaired) electrons. The zero-order valence-electron chi connectivity index (χ0n) is 20.8. The van der Waals surface area contributed by atoms with Gasteiger partial charge in [0.15, 0.2) is 0 Å². The Hall–Kier alpha value is -4.17. The molecule has 2 heterocycles. The van der Waals surface area contributed by atoms with Crippen LogP contribution in [0.15, 0.2) is 88.9 Å². The number of thiophene rings is 1. The Morgan fingerprint density at radius 3 is 2.41 bits per heavy atom. The van der Waals surface area contributed by atoms with Gasteiger partial charge in [-0.15, -0.1) is 11.3 Å². The van der Waals surface area contributed by atoms with Crippen LogP contribution in [0.4, 0.5) is 5.69 Å². The van der Waals surface area contributed by atoms with Gasteiger partial charge in [-0.1, -0.05) is 61.0 Å². The summed E-state index contributed by atoms with van der Waals surface area (Å²) in [5, 5.41) is 7.43. The minimum absolute atomic E-state index is 0.181. The molecule has 0 saturated heterocycles. The predicted octanol–water partition coefficient (Wildman–Crippen LogP) is 5.03. The summed E-state index contributed by atoms with van der Waals surface area (Å²) in [5.41, 5.74) is 3.23. The number of hydrogen-bond acceptors (Lipinski definition) is 5. The van der Waals surface area contributed by atoms with E-state index in [2.05, 4.69) is 10.6 Å². The van der Waals surface area contributed by atoms with E-state index in [9.17, 15) is 14.4 Å². The monoisotopic (exact) mass is 515 g/mol. The molecule has 2 aromatic carbocycles. The molecule has 0 unspecified atom stereocenters. The fourth-order valence-electron chi connectivity index (χ4n) is 4.05. The minimum atomic E-state index is -0.964. The topological polar surface area (TPSA) is 91.7 Å². The van der Waals surface area contributed by atoms with E-state index in [1.165, 1.54) is 16.2 Å². The third kappa shape index (κ3) is 6.34. The number of hydrogen-bond donors (Lipinski definition) is 2. The Labute approximate surface area is 220 Å². The number of aryl methyl sites for hydroxylation is 2. The number of para-hydroxylation sites is 1. The first kappa shape index (κ1) is 25.9. The molecular weight excluding hydrogens is 486 g/mol. The molecule has 0 fully saturated rings. The van der Waals surface area contributed by atoms with Gasteiger partial charge in [-0.3, -0.25) is 19.3 Å². The Bertz CT molecular complexity index is 1330. The van der Waals surface area contributed by atoms with E-state index < -0.39 is 11.9 Å². The van der Waals surface area contributed by atoms with Gasteiger partial charge < -0.3 is 15.1 Å². The molecule has 0 aliphatic rings. The lowest BCUT2D eigenvalue weighted by molar-refractivity contribution is -0.126. The van der Waals surface area contributed by atoms with Crippen molar-refractivity contribution in [2.45, 2.75) is 32.9 Å². The second-order valence-electron chi connectivity index (χ2n) is 8.52. The minimum Gasteiger partial charge on any atom is -0.467 e. The van der Waals surface area contributed by atoms with Crippen molar-refractivity contribution < 1.29 is 18.8 Å². The Balaban J connectivity index is 1.71. The van der Waals surface area contributed by atoms with Gasteiger partial charge in [0.25, 0.3) is 5.91 Å². The SMILES string of the molecule is CCc1ccccc1N(C(=O)CNC(=O)c1cccs1)[C@H](C(=O)NCc1ccco1)c1ccc(C)cc1. The van der Waals surface area contributed by atoms with Crippen LogP contribution in [-0.4, -0.2) is 24.3 Å². The standard InChI is InChI=1S/C29H29N3O4S/c1-3-21-8-4-5-10-24(21)32(26(33)19-31-28(34)25-11-7-17-37-25)27(22-14-12-20(2)13-15-22)29(35)30-18-23-9-6-16-36-23/h4-17,27H,3,18-19H2,1-2H3,(H,30,35)(H,31,34)/t27-/m0/s1. The lowest BCUT2D eigenvalue weighted by Gasteiger charge is -2.33. The highest BCUT2D eigenvalue weighted by molar-refractivity contribution is 7.12. The quantitative estimate of drug-likeness (QED) is 0.310. The highest BCUT2D eigenvalue weighted by Crippen LogP contribution is 2.31. The van der Waals surface area contributed by atoms with E-state index in [1.807, 2.05) is 62.4 Å². The lowest BCUT2D eigenvalue weighted by atomic mass is 9.99. The molecule has 2 N–H and O–H groups in total. The maximum absolute atomic E-state index is 13.8. The first-order chi connectivity index (χ1) is 18.0. The van der Waals surface area contributed by atoms with Gasteiger partial charge in [-0.05, 0) is 54.1 Å². The Morgan fingerprint density at radius 1 is 0.946 bits per heavy atom. The fourth-order valence-corrected chi connectivity index (χ4v) is 4.69. The molecule has 0 saturated carbocycles. The highest BCUT2D eigenvalue weighted by atomic mass is 32.1. The molecule has 190 valence electrons. The molecule has 7 nitrogen and oxygen atoms in total. The number of benzene rings is 2. The van der Waals surface area contributed by atoms with Crippen molar-refractivity contribution in [2.24, 2.45) is 0 Å². The van der Waals surface area contributed by atoms with Gasteiger partial charge in [0, 0.05) is 5.69 Å². The van der Waals surface area contributed by atoms with E-state index >= 15 is 0 Å². The molecule has 0 bridgehead atoms. The summed E-state index contributed by atoms with van der Waals surface area (Å²) >= 11 is 1.30. The average Bonchev–Trinajstić information content (AvgIpc) is 3.64. The van der Waals surface area contributed by atoms with Crippen molar-refractivity contribution in [1.82, 2.24) is 10.6 Å². The summed E-state index contributed by atoms with van der Waals surface area (Å²) in [6.07, 6.45) is 2.21. The van der Waals surface area contributed by atoms with Crippen molar-refractivity contribution in [1.29, 1.82) is 0 Å². The van der Waals surface area contributed by atoms with Crippen molar-refractivity contribution in [3.8, 4) is 0 Å². The summed E-state index contributed by atoms with van der Waals surface area (Å²) in [7, 11) is 0. The largest absolute Gasteiger partial charge is 0.467 e. The van der Waals surface area contributed by atoms with Crippen molar-refractivity contribution >= 4 is 34.7 Å². The van der Waals surface area contributed by atoms with Crippen molar-refractivity contribution in [3.05, 3.63) is 112 Å². The van der Waals surface area contributed by atoms with Gasteiger partial charge in [0.2, 0.25) is 11.8 Å². The van der Waals surface area contributed by atoms with E-state index in [1.54, 1.807) is 35.9 Å². The maximum Gasteiger partial charge on any atom is 0.261 e. The molecular formula is C29H29N3O4S. The van der Waals surface area contributed by atoms with Crippen LogP contribution in [0, 0.1) is 6.92 Å². The smallest absolute Gasteiger partial charge is 0.261 e. The van der Waals surface area contributed by atoms with Gasteiger partial charge in [0.05, 0.1) is 24.2 Å². The number of furan rings is 1. The van der Waals surface area contributed by atoms with Crippen molar-refractivity contribution in [3.63, 3.8) is 0 Å². The molecule has 0 aliphatic carbocycles. The van der Waals surface area contributed by atoms with Gasteiger partial charge in [0.1, 0.15) is 11.8 Å². The molecule has 4 rings (SSSR count). The first-order valence-corrected chi connectivity index (χ1v) is 12.9. The van der Waals surface area contributed by atoms with Crippen LogP contribution in [0.1, 0.15) is 45.1 Å². The van der Waals surface area contributed by atoms with Crippen LogP contribution in [-0.2, 0) is 22.6 Å². The first-order valence-electron chi connectivity index (χ1n) is 12.1. The molecule has 0 aliphatic heterocycles. The zero-order valence-corrected chi connectivity index (χ0v) is 21.6. The third-order valence-corrected chi connectivity index (χ3v) is 6.83. The number of amides is 3. The summed E-state index contributed by atoms with van der Waals surface area (Å²) in [6.45, 7) is 3.88. The summed E-state index contributed by atoms with van der Waals surface area (Å²) < 4.78 is 5.37. The second kappa shape index (κ2) is 12.2. The van der Waals surface area contributed by atoms with Crippen LogP contribution in [0.3, 0.4) is 0 Å². The van der Waals surface area contributed by atoms with Crippen LogP contribution in [0.2, 0.25) is 0 Å². The number of rotatable bonds is 10. The van der Waals surface area contributed by atoms with Crippen LogP contribution >= 0.6 is 11.3 Å². The van der Waals surface area contributed by atoms with E-state index in [4.69, 9.17) is 4.42 Å². The molecule has 2 aromatic heterocycles. The molecule has 8 heteroatoms. The second-order valence-corrected chi connectivity index (χ2v) is 9.46. The predicted molar refractivity (Wildman–Crippen MR) is 144 cm³/mol. The highest BCUT2D eigenvalue weighted by Gasteiger charge is 2.34. The number of anilines is 1. The van der Waals surface area contributed by atoms with Gasteiger partial charge >= 0.3 is 0 Å². The van der Waals surface area contributed by atoms with Gasteiger partial charge in [-0.25, -0.2) is 0 Å². The molecule has 3 amide bonds. The van der Waals surface area contributed by atoms with Crippen LogP contribution < -0.4 is 15.5 Å². The average molecular weight is 516 g/mol. The molecule has 1 atom stereocenters. The zero-order chi connectivity index (χ0) is 26.2. The fraction of sp³-hybridized carbons (Fsp3) is 0.207. The number of nitrogens with one attached hydrogen (secondary N) is 2. The van der Waals surface area contributed by atoms with Crippen molar-refractivity contribution in [2.75, 3.05) is 11.4 Å². The maximum atomic E-state index is 13.8. The Kier molecular flexibility index (Phi) is 8.53. The normalized spacial score (nSPS) is 11.5. The lowest BCUT2D eigenvalue weighted by Crippen LogP contribution is -2.47. The third-order valence-electron chi connectivity index (χ3n) is 5.96. The summed E-state index contributed by atoms with van der Waals surface area (Å²) in [4.78, 5) is 42.1. The van der Waals surface area contributed by atoms with E-state index in [-0.39, 0.29) is 24.9 Å². The van der Waals surface area contributed by atoms with Crippen LogP contribution in [0.5, 0.6) is 0 Å². The van der Waals surface area contributed by atoms with Gasteiger partial charge in [-0.2, -0.15) is 0 Å². The number of nitrogens with zero attached hydrogens (tertiary/aromatic N) is 1. The molecule has 4 aromatic rings. The van der Waals surface area contributed by atoms with E-state index in [0.29, 0.717) is 28.3 Å². The Morgan fingerprint density at radius 2 is 1.73 bits per heavy atom. The molecule has 0 spiro atoms. The number of carbonyl (C=O) groups is 3. The molecule has 37 heavy (non-hydrogen) atoms. The van der Waals surface area contributed by atoms with Crippen LogP contribution in [0.25, 0.3) is 0 Å². The van der Waals surface area contributed by atoms with E-state index in [0.717, 1.165) is 11.1 Å². The summed E-state index contributed by atoms with van der Waals surface area (Å²) in [5.74, 6) is -0.485.